The summed E-state index contributed by atoms with van der Waals surface area (Å²) in [7, 11) is 0. The summed E-state index contributed by atoms with van der Waals surface area (Å²) in [5.41, 5.74) is 4.56. The van der Waals surface area contributed by atoms with E-state index in [1.54, 1.807) is 24.3 Å². The van der Waals surface area contributed by atoms with E-state index in [0.29, 0.717) is 31.9 Å². The minimum absolute atomic E-state index is 0.237. The van der Waals surface area contributed by atoms with Gasteiger partial charge in [0.2, 0.25) is 0 Å². The van der Waals surface area contributed by atoms with Gasteiger partial charge in [0.25, 0.3) is 5.91 Å². The molecule has 0 radical (unpaired) electrons. The molecule has 166 valence electrons. The number of halogens is 2. The van der Waals surface area contributed by atoms with Gasteiger partial charge in [-0.25, -0.2) is 0 Å². The second-order valence-electron chi connectivity index (χ2n) is 7.62. The van der Waals surface area contributed by atoms with E-state index < -0.39 is 5.92 Å². The second-order valence-corrected chi connectivity index (χ2v) is 9.55. The first-order valence-electron chi connectivity index (χ1n) is 10.1. The smallest absolute Gasteiger partial charge is 0.265 e. The molecule has 4 aromatic rings. The van der Waals surface area contributed by atoms with Gasteiger partial charge in [-0.15, -0.1) is 11.3 Å². The lowest BCUT2D eigenvalue weighted by molar-refractivity contribution is 0.103. The third kappa shape index (κ3) is 4.67. The quantitative estimate of drug-likeness (QED) is 0.310. The van der Waals surface area contributed by atoms with Crippen molar-refractivity contribution >= 4 is 46.1 Å². The molecule has 1 atom stereocenters. The van der Waals surface area contributed by atoms with Crippen LogP contribution in [0.1, 0.15) is 43.7 Å². The molecule has 1 unspecified atom stereocenters. The summed E-state index contributed by atoms with van der Waals surface area (Å²) in [6.45, 7) is 5.59. The maximum Gasteiger partial charge on any atom is 0.265 e. The molecule has 0 saturated heterocycles. The van der Waals surface area contributed by atoms with Crippen molar-refractivity contribution in [3.63, 3.8) is 0 Å². The first kappa shape index (κ1) is 23.1. The molecule has 0 aliphatic heterocycles. The van der Waals surface area contributed by atoms with Crippen LogP contribution in [0.25, 0.3) is 10.4 Å². The van der Waals surface area contributed by atoms with Crippen molar-refractivity contribution < 1.29 is 9.32 Å². The lowest BCUT2D eigenvalue weighted by atomic mass is 9.91. The number of benzene rings is 2. The van der Waals surface area contributed by atoms with E-state index >= 15 is 0 Å². The fourth-order valence-corrected chi connectivity index (χ4v) is 5.10. The summed E-state index contributed by atoms with van der Waals surface area (Å²) in [4.78, 5) is 14.4. The van der Waals surface area contributed by atoms with Crippen molar-refractivity contribution in [1.29, 1.82) is 5.26 Å². The zero-order chi connectivity index (χ0) is 23.7. The highest BCUT2D eigenvalue weighted by Crippen LogP contribution is 2.36. The van der Waals surface area contributed by atoms with E-state index in [1.165, 1.54) is 11.3 Å². The Morgan fingerprint density at radius 3 is 2.48 bits per heavy atom. The first-order chi connectivity index (χ1) is 15.8. The molecule has 0 fully saturated rings. The minimum Gasteiger partial charge on any atom is -0.361 e. The van der Waals surface area contributed by atoms with Crippen LogP contribution in [0.5, 0.6) is 0 Å². The summed E-state index contributed by atoms with van der Waals surface area (Å²) < 4.78 is 5.23. The van der Waals surface area contributed by atoms with E-state index in [0.717, 1.165) is 27.3 Å². The van der Waals surface area contributed by atoms with E-state index in [4.69, 9.17) is 27.7 Å². The molecule has 4 rings (SSSR count). The molecule has 8 heteroatoms. The van der Waals surface area contributed by atoms with Gasteiger partial charge in [0, 0.05) is 20.6 Å². The molecule has 0 saturated carbocycles. The predicted octanol–water partition coefficient (Wildman–Crippen LogP) is 7.54. The molecule has 0 aliphatic carbocycles. The average Bonchev–Trinajstić information content (AvgIpc) is 3.39. The number of carbonyl (C=O) groups excluding carboxylic acids is 1. The van der Waals surface area contributed by atoms with Crippen molar-refractivity contribution in [2.24, 2.45) is 0 Å². The number of nitrogens with one attached hydrogen (secondary N) is 1. The summed E-state index contributed by atoms with van der Waals surface area (Å²) in [5, 5.41) is 17.7. The van der Waals surface area contributed by atoms with Gasteiger partial charge in [-0.05, 0) is 67.8 Å². The Labute approximate surface area is 205 Å². The van der Waals surface area contributed by atoms with E-state index in [2.05, 4.69) is 16.5 Å². The fourth-order valence-electron chi connectivity index (χ4n) is 3.65. The number of hydrogen-bond donors (Lipinski definition) is 1. The lowest BCUT2D eigenvalue weighted by Crippen LogP contribution is -2.12. The normalized spacial score (nSPS) is 11.8. The van der Waals surface area contributed by atoms with Gasteiger partial charge in [-0.1, -0.05) is 46.6 Å². The van der Waals surface area contributed by atoms with Crippen molar-refractivity contribution in [2.45, 2.75) is 26.7 Å². The minimum atomic E-state index is -0.548. The average molecular weight is 496 g/mol. The van der Waals surface area contributed by atoms with Crippen LogP contribution in [0.15, 0.2) is 53.1 Å². The van der Waals surface area contributed by atoms with Crippen LogP contribution in [0.4, 0.5) is 5.69 Å². The molecule has 0 bridgehead atoms. The van der Waals surface area contributed by atoms with Crippen molar-refractivity contribution in [3.05, 3.63) is 91.6 Å². The van der Waals surface area contributed by atoms with Crippen LogP contribution < -0.4 is 5.32 Å². The maximum atomic E-state index is 12.9. The Kier molecular flexibility index (Phi) is 6.57. The van der Waals surface area contributed by atoms with Gasteiger partial charge >= 0.3 is 0 Å². The number of thiophene rings is 1. The topological polar surface area (TPSA) is 78.9 Å². The van der Waals surface area contributed by atoms with Crippen LogP contribution >= 0.6 is 34.5 Å². The number of nitrogens with zero attached hydrogens (tertiary/aromatic N) is 2. The summed E-state index contributed by atoms with van der Waals surface area (Å²) in [6, 6.07) is 16.6. The van der Waals surface area contributed by atoms with Gasteiger partial charge in [-0.2, -0.15) is 5.26 Å². The highest BCUT2D eigenvalue weighted by Gasteiger charge is 2.20. The number of hydrogen-bond acceptors (Lipinski definition) is 5. The third-order valence-corrected chi connectivity index (χ3v) is 7.03. The molecule has 1 amide bonds. The number of amides is 1. The molecule has 5 nitrogen and oxygen atoms in total. The standard InChI is InChI=1S/C25H19Cl2N3O2S/c1-13-10-18(19(12-28)16-4-6-17(26)7-5-16)20(27)11-21(13)29-25(31)23-9-8-22(33-23)24-14(2)30-32-15(24)3/h4-11,19H,1-3H3,(H,29,31). The van der Waals surface area contributed by atoms with Gasteiger partial charge in [-0.3, -0.25) is 4.79 Å². The lowest BCUT2D eigenvalue weighted by Gasteiger charge is -2.16. The first-order valence-corrected chi connectivity index (χ1v) is 11.6. The number of nitriles is 1. The molecular formula is C25H19Cl2N3O2S. The van der Waals surface area contributed by atoms with Crippen molar-refractivity contribution in [1.82, 2.24) is 5.16 Å². The van der Waals surface area contributed by atoms with Crippen LogP contribution in [0.2, 0.25) is 10.0 Å². The molecule has 33 heavy (non-hydrogen) atoms. The number of carbonyl (C=O) groups is 1. The number of aryl methyl sites for hydroxylation is 3. The molecular weight excluding hydrogens is 477 g/mol. The summed E-state index contributed by atoms with van der Waals surface area (Å²) >= 11 is 13.9. The largest absolute Gasteiger partial charge is 0.361 e. The van der Waals surface area contributed by atoms with Crippen LogP contribution in [0, 0.1) is 32.1 Å². The van der Waals surface area contributed by atoms with E-state index in [9.17, 15) is 10.1 Å². The van der Waals surface area contributed by atoms with Gasteiger partial charge < -0.3 is 9.84 Å². The highest BCUT2D eigenvalue weighted by molar-refractivity contribution is 7.17. The van der Waals surface area contributed by atoms with Crippen LogP contribution in [0.3, 0.4) is 0 Å². The van der Waals surface area contributed by atoms with Gasteiger partial charge in [0.1, 0.15) is 5.76 Å². The Bertz CT molecular complexity index is 1360. The monoisotopic (exact) mass is 495 g/mol. The second kappa shape index (κ2) is 9.40. The molecule has 1 N–H and O–H groups in total. The molecule has 0 aliphatic rings. The fraction of sp³-hybridized carbons (Fsp3) is 0.160. The van der Waals surface area contributed by atoms with Gasteiger partial charge in [0.05, 0.1) is 28.1 Å². The Hall–Kier alpha value is -3.11. The number of aromatic nitrogens is 1. The maximum absolute atomic E-state index is 12.9. The molecule has 2 aromatic heterocycles. The van der Waals surface area contributed by atoms with Gasteiger partial charge in [0.15, 0.2) is 0 Å². The van der Waals surface area contributed by atoms with E-state index in [1.807, 2.05) is 45.0 Å². The van der Waals surface area contributed by atoms with Crippen LogP contribution in [-0.4, -0.2) is 11.1 Å². The highest BCUT2D eigenvalue weighted by atomic mass is 35.5. The summed E-state index contributed by atoms with van der Waals surface area (Å²) in [5.74, 6) is -0.0696. The zero-order valence-corrected chi connectivity index (χ0v) is 20.4. The number of rotatable bonds is 5. The zero-order valence-electron chi connectivity index (χ0n) is 18.1. The third-order valence-electron chi connectivity index (χ3n) is 5.34. The van der Waals surface area contributed by atoms with Crippen molar-refractivity contribution in [3.8, 4) is 16.5 Å². The Balaban J connectivity index is 1.58. The summed E-state index contributed by atoms with van der Waals surface area (Å²) in [6.07, 6.45) is 0. The number of anilines is 1. The molecule has 2 aromatic carbocycles. The van der Waals surface area contributed by atoms with Crippen molar-refractivity contribution in [2.75, 3.05) is 5.32 Å². The predicted molar refractivity (Wildman–Crippen MR) is 132 cm³/mol. The SMILES string of the molecule is Cc1cc(C(C#N)c2ccc(Cl)cc2)c(Cl)cc1NC(=O)c1ccc(-c2c(C)noc2C)s1. The van der Waals surface area contributed by atoms with E-state index in [-0.39, 0.29) is 5.91 Å². The van der Waals surface area contributed by atoms with Crippen LogP contribution in [-0.2, 0) is 0 Å². The molecule has 0 spiro atoms. The Morgan fingerprint density at radius 2 is 1.85 bits per heavy atom. The molecule has 2 heterocycles. The Morgan fingerprint density at radius 1 is 1.12 bits per heavy atom.